The van der Waals surface area contributed by atoms with Crippen LogP contribution in [0.4, 0.5) is 0 Å². The zero-order valence-electron chi connectivity index (χ0n) is 7.25. The summed E-state index contributed by atoms with van der Waals surface area (Å²) in [5, 5.41) is 0. The second-order valence-electron chi connectivity index (χ2n) is 2.83. The number of aromatic nitrogens is 1. The largest absolute Gasteiger partial charge is 0.374 e. The minimum Gasteiger partial charge on any atom is -0.374 e. The van der Waals surface area contributed by atoms with E-state index in [2.05, 4.69) is 20.9 Å². The van der Waals surface area contributed by atoms with Crippen molar-refractivity contribution in [3.8, 4) is 0 Å². The molecule has 12 heavy (non-hydrogen) atoms. The van der Waals surface area contributed by atoms with Crippen molar-refractivity contribution in [1.82, 2.24) is 4.98 Å². The molecule has 0 saturated carbocycles. The summed E-state index contributed by atoms with van der Waals surface area (Å²) in [6, 6.07) is 1.95. The number of hydrogen-bond acceptors (Lipinski definition) is 2. The van der Waals surface area contributed by atoms with Crippen LogP contribution in [0.1, 0.15) is 19.4 Å². The normalized spacial score (nSPS) is 10.7. The summed E-state index contributed by atoms with van der Waals surface area (Å²) in [5.74, 6) is 0. The SMILES string of the molecule is CC(C)OCc1ccncc1Br. The maximum absolute atomic E-state index is 5.45. The fourth-order valence-corrected chi connectivity index (χ4v) is 1.14. The molecule has 0 aliphatic rings. The first-order chi connectivity index (χ1) is 5.70. The Kier molecular flexibility index (Phi) is 3.69. The lowest BCUT2D eigenvalue weighted by Crippen LogP contribution is -2.02. The van der Waals surface area contributed by atoms with Crippen LogP contribution in [0, 0.1) is 0 Å². The van der Waals surface area contributed by atoms with E-state index in [1.165, 1.54) is 0 Å². The molecular formula is C9H12BrNO. The van der Waals surface area contributed by atoms with Crippen LogP contribution in [0.25, 0.3) is 0 Å². The molecule has 3 heteroatoms. The van der Waals surface area contributed by atoms with Crippen LogP contribution < -0.4 is 0 Å². The van der Waals surface area contributed by atoms with Crippen LogP contribution in [0.3, 0.4) is 0 Å². The second-order valence-corrected chi connectivity index (χ2v) is 3.68. The van der Waals surface area contributed by atoms with Gasteiger partial charge in [-0.1, -0.05) is 0 Å². The monoisotopic (exact) mass is 229 g/mol. The van der Waals surface area contributed by atoms with Crippen LogP contribution >= 0.6 is 15.9 Å². The van der Waals surface area contributed by atoms with Gasteiger partial charge in [0.15, 0.2) is 0 Å². The third kappa shape index (κ3) is 2.91. The Morgan fingerprint density at radius 3 is 2.92 bits per heavy atom. The van der Waals surface area contributed by atoms with Crippen molar-refractivity contribution in [2.24, 2.45) is 0 Å². The van der Waals surface area contributed by atoms with Gasteiger partial charge in [-0.2, -0.15) is 0 Å². The number of halogens is 1. The summed E-state index contributed by atoms with van der Waals surface area (Å²) in [5.41, 5.74) is 1.14. The summed E-state index contributed by atoms with van der Waals surface area (Å²) < 4.78 is 6.46. The predicted octanol–water partition coefficient (Wildman–Crippen LogP) is 2.77. The van der Waals surface area contributed by atoms with Crippen molar-refractivity contribution < 1.29 is 4.74 Å². The smallest absolute Gasteiger partial charge is 0.0732 e. The van der Waals surface area contributed by atoms with Gasteiger partial charge in [-0.05, 0) is 41.4 Å². The predicted molar refractivity (Wildman–Crippen MR) is 51.9 cm³/mol. The minimum atomic E-state index is 0.269. The molecule has 0 aromatic carbocycles. The van der Waals surface area contributed by atoms with Gasteiger partial charge in [0.1, 0.15) is 0 Å². The Morgan fingerprint density at radius 1 is 1.58 bits per heavy atom. The van der Waals surface area contributed by atoms with Crippen molar-refractivity contribution in [2.45, 2.75) is 26.6 Å². The van der Waals surface area contributed by atoms with Crippen LogP contribution in [0.5, 0.6) is 0 Å². The highest BCUT2D eigenvalue weighted by Gasteiger charge is 1.99. The molecule has 0 bridgehead atoms. The lowest BCUT2D eigenvalue weighted by atomic mass is 10.3. The van der Waals surface area contributed by atoms with Crippen LogP contribution in [-0.2, 0) is 11.3 Å². The molecule has 0 N–H and O–H groups in total. The Bertz CT molecular complexity index is 250. The van der Waals surface area contributed by atoms with Crippen molar-refractivity contribution in [3.63, 3.8) is 0 Å². The zero-order chi connectivity index (χ0) is 8.97. The first-order valence-corrected chi connectivity index (χ1v) is 4.69. The molecule has 0 fully saturated rings. The van der Waals surface area contributed by atoms with Gasteiger partial charge in [-0.15, -0.1) is 0 Å². The molecule has 0 unspecified atom stereocenters. The zero-order valence-corrected chi connectivity index (χ0v) is 8.84. The number of pyridine rings is 1. The fourth-order valence-electron chi connectivity index (χ4n) is 0.778. The van der Waals surface area contributed by atoms with Gasteiger partial charge in [0, 0.05) is 16.9 Å². The van der Waals surface area contributed by atoms with E-state index in [-0.39, 0.29) is 6.10 Å². The second kappa shape index (κ2) is 4.58. The van der Waals surface area contributed by atoms with E-state index in [1.807, 2.05) is 19.9 Å². The van der Waals surface area contributed by atoms with Crippen LogP contribution in [-0.4, -0.2) is 11.1 Å². The van der Waals surface area contributed by atoms with Gasteiger partial charge in [0.2, 0.25) is 0 Å². The molecule has 0 atom stereocenters. The highest BCUT2D eigenvalue weighted by molar-refractivity contribution is 9.10. The Balaban J connectivity index is 2.57. The van der Waals surface area contributed by atoms with Crippen molar-refractivity contribution in [1.29, 1.82) is 0 Å². The van der Waals surface area contributed by atoms with E-state index < -0.39 is 0 Å². The molecule has 2 nitrogen and oxygen atoms in total. The molecule has 0 aliphatic heterocycles. The molecule has 0 spiro atoms. The van der Waals surface area contributed by atoms with Crippen LogP contribution in [0.2, 0.25) is 0 Å². The van der Waals surface area contributed by atoms with Gasteiger partial charge >= 0.3 is 0 Å². The molecule has 0 aliphatic carbocycles. The topological polar surface area (TPSA) is 22.1 Å². The van der Waals surface area contributed by atoms with Gasteiger partial charge in [0.25, 0.3) is 0 Å². The summed E-state index contributed by atoms with van der Waals surface area (Å²) >= 11 is 3.40. The average Bonchev–Trinajstić information content (AvgIpc) is 2.03. The molecule has 1 aromatic heterocycles. The maximum Gasteiger partial charge on any atom is 0.0732 e. The van der Waals surface area contributed by atoms with Crippen molar-refractivity contribution >= 4 is 15.9 Å². The molecule has 1 heterocycles. The van der Waals surface area contributed by atoms with Crippen molar-refractivity contribution in [3.05, 3.63) is 28.5 Å². The van der Waals surface area contributed by atoms with Crippen molar-refractivity contribution in [2.75, 3.05) is 0 Å². The molecular weight excluding hydrogens is 218 g/mol. The molecule has 0 amide bonds. The first kappa shape index (κ1) is 9.68. The fraction of sp³-hybridized carbons (Fsp3) is 0.444. The van der Waals surface area contributed by atoms with E-state index in [0.29, 0.717) is 6.61 Å². The van der Waals surface area contributed by atoms with E-state index in [0.717, 1.165) is 10.0 Å². The number of nitrogens with zero attached hydrogens (tertiary/aromatic N) is 1. The third-order valence-electron chi connectivity index (χ3n) is 1.43. The molecule has 0 radical (unpaired) electrons. The molecule has 1 aromatic rings. The summed E-state index contributed by atoms with van der Waals surface area (Å²) in [7, 11) is 0. The van der Waals surface area contributed by atoms with E-state index in [1.54, 1.807) is 12.4 Å². The number of rotatable bonds is 3. The highest BCUT2D eigenvalue weighted by Crippen LogP contribution is 2.15. The van der Waals surface area contributed by atoms with E-state index in [4.69, 9.17) is 4.74 Å². The minimum absolute atomic E-state index is 0.269. The number of hydrogen-bond donors (Lipinski definition) is 0. The average molecular weight is 230 g/mol. The molecule has 1 rings (SSSR count). The lowest BCUT2D eigenvalue weighted by molar-refractivity contribution is 0.0653. The maximum atomic E-state index is 5.45. The molecule has 66 valence electrons. The highest BCUT2D eigenvalue weighted by atomic mass is 79.9. The van der Waals surface area contributed by atoms with Gasteiger partial charge in [0.05, 0.1) is 12.7 Å². The summed E-state index contributed by atoms with van der Waals surface area (Å²) in [6.07, 6.45) is 3.81. The van der Waals surface area contributed by atoms with Gasteiger partial charge in [-0.25, -0.2) is 0 Å². The van der Waals surface area contributed by atoms with Crippen LogP contribution in [0.15, 0.2) is 22.9 Å². The Morgan fingerprint density at radius 2 is 2.33 bits per heavy atom. The first-order valence-electron chi connectivity index (χ1n) is 3.90. The quantitative estimate of drug-likeness (QED) is 0.796. The third-order valence-corrected chi connectivity index (χ3v) is 2.14. The summed E-state index contributed by atoms with van der Waals surface area (Å²) in [6.45, 7) is 4.69. The van der Waals surface area contributed by atoms with Gasteiger partial charge < -0.3 is 4.74 Å². The summed E-state index contributed by atoms with van der Waals surface area (Å²) in [4.78, 5) is 3.97. The Hall–Kier alpha value is -0.410. The molecule has 0 saturated heterocycles. The van der Waals surface area contributed by atoms with E-state index >= 15 is 0 Å². The van der Waals surface area contributed by atoms with E-state index in [9.17, 15) is 0 Å². The lowest BCUT2D eigenvalue weighted by Gasteiger charge is -2.07. The Labute approximate surface area is 81.1 Å². The van der Waals surface area contributed by atoms with Gasteiger partial charge in [-0.3, -0.25) is 4.98 Å². The number of ether oxygens (including phenoxy) is 1. The standard InChI is InChI=1S/C9H12BrNO/c1-7(2)12-6-8-3-4-11-5-9(8)10/h3-5,7H,6H2,1-2H3.